The monoisotopic (exact) mass is 471 g/mol. The van der Waals surface area contributed by atoms with Gasteiger partial charge < -0.3 is 10.1 Å². The third kappa shape index (κ3) is 5.11. The molecule has 0 saturated carbocycles. The van der Waals surface area contributed by atoms with Gasteiger partial charge in [0.05, 0.1) is 12.4 Å². The lowest BCUT2D eigenvalue weighted by atomic mass is 9.96. The number of hydrogen-bond acceptors (Lipinski definition) is 7. The molecule has 9 nitrogen and oxygen atoms in total. The van der Waals surface area contributed by atoms with E-state index in [0.717, 1.165) is 15.9 Å². The van der Waals surface area contributed by atoms with Gasteiger partial charge in [0, 0.05) is 26.1 Å². The van der Waals surface area contributed by atoms with E-state index in [1.165, 1.54) is 23.4 Å². The molecular formula is C23H29N5O4S. The zero-order chi connectivity index (χ0) is 24.5. The van der Waals surface area contributed by atoms with Crippen LogP contribution < -0.4 is 21.3 Å². The van der Waals surface area contributed by atoms with Gasteiger partial charge in [-0.15, -0.1) is 0 Å². The summed E-state index contributed by atoms with van der Waals surface area (Å²) < 4.78 is 7.52. The van der Waals surface area contributed by atoms with Crippen molar-refractivity contribution in [2.45, 2.75) is 49.9 Å². The highest BCUT2D eigenvalue weighted by atomic mass is 32.2. The minimum Gasteiger partial charge on any atom is -0.497 e. The number of thioether (sulfide) groups is 1. The summed E-state index contributed by atoms with van der Waals surface area (Å²) in [5.74, 6) is 1.04. The van der Waals surface area contributed by atoms with Gasteiger partial charge in [-0.05, 0) is 24.6 Å². The number of benzene rings is 1. The smallest absolute Gasteiger partial charge is 0.332 e. The Labute approximate surface area is 196 Å². The largest absolute Gasteiger partial charge is 0.497 e. The Kier molecular flexibility index (Phi) is 6.97. The summed E-state index contributed by atoms with van der Waals surface area (Å²) in [5.41, 5.74) is -0.168. The third-order valence-corrected chi connectivity index (χ3v) is 6.31. The number of carbonyl (C=O) groups is 1. The maximum atomic E-state index is 12.9. The van der Waals surface area contributed by atoms with Crippen LogP contribution in [-0.4, -0.2) is 37.4 Å². The molecule has 176 valence electrons. The molecule has 0 aliphatic heterocycles. The van der Waals surface area contributed by atoms with Crippen LogP contribution in [0.1, 0.15) is 39.1 Å². The van der Waals surface area contributed by atoms with Crippen molar-refractivity contribution >= 4 is 28.7 Å². The Morgan fingerprint density at radius 1 is 1.12 bits per heavy atom. The van der Waals surface area contributed by atoms with Gasteiger partial charge in [-0.25, -0.2) is 14.8 Å². The fraction of sp³-hybridized carbons (Fsp3) is 0.435. The third-order valence-electron chi connectivity index (χ3n) is 5.22. The van der Waals surface area contributed by atoms with Crippen LogP contribution in [0, 0.1) is 0 Å². The van der Waals surface area contributed by atoms with Gasteiger partial charge in [0.1, 0.15) is 22.0 Å². The molecule has 1 amide bonds. The summed E-state index contributed by atoms with van der Waals surface area (Å²) >= 11 is 1.18. The van der Waals surface area contributed by atoms with Gasteiger partial charge in [0.15, 0.2) is 5.65 Å². The van der Waals surface area contributed by atoms with Crippen LogP contribution in [0.2, 0.25) is 0 Å². The number of amides is 1. The first-order valence-corrected chi connectivity index (χ1v) is 11.4. The molecule has 0 saturated heterocycles. The maximum absolute atomic E-state index is 12.9. The van der Waals surface area contributed by atoms with Crippen molar-refractivity contribution in [1.29, 1.82) is 0 Å². The number of ether oxygens (including phenoxy) is 1. The maximum Gasteiger partial charge on any atom is 0.332 e. The number of aryl methyl sites for hydroxylation is 1. The van der Waals surface area contributed by atoms with Crippen LogP contribution >= 0.6 is 11.8 Å². The van der Waals surface area contributed by atoms with Gasteiger partial charge in [0.2, 0.25) is 5.91 Å². The van der Waals surface area contributed by atoms with E-state index in [4.69, 9.17) is 4.74 Å². The van der Waals surface area contributed by atoms with Crippen molar-refractivity contribution in [3.8, 4) is 5.75 Å². The molecule has 2 aromatic heterocycles. The van der Waals surface area contributed by atoms with E-state index in [9.17, 15) is 14.4 Å². The SMILES string of the molecule is COc1ccc(CNC(=O)C(C)Sc2nc(C(C)(C)C)nc3c2c(=O)n(C)c(=O)n3C)cc1. The average Bonchev–Trinajstić information content (AvgIpc) is 2.78. The van der Waals surface area contributed by atoms with Gasteiger partial charge in [-0.1, -0.05) is 44.7 Å². The number of fused-ring (bicyclic) bond motifs is 1. The van der Waals surface area contributed by atoms with Crippen molar-refractivity contribution in [2.75, 3.05) is 7.11 Å². The fourth-order valence-corrected chi connectivity index (χ4v) is 4.11. The van der Waals surface area contributed by atoms with Gasteiger partial charge in [-0.2, -0.15) is 0 Å². The average molecular weight is 472 g/mol. The molecule has 0 radical (unpaired) electrons. The number of rotatable bonds is 6. The number of hydrogen-bond donors (Lipinski definition) is 1. The van der Waals surface area contributed by atoms with Crippen molar-refractivity contribution < 1.29 is 9.53 Å². The topological polar surface area (TPSA) is 108 Å². The van der Waals surface area contributed by atoms with E-state index in [2.05, 4.69) is 15.3 Å². The predicted octanol–water partition coefficient (Wildman–Crippen LogP) is 2.13. The highest BCUT2D eigenvalue weighted by Gasteiger charge is 2.25. The molecule has 1 N–H and O–H groups in total. The van der Waals surface area contributed by atoms with Crippen molar-refractivity contribution in [3.63, 3.8) is 0 Å². The summed E-state index contributed by atoms with van der Waals surface area (Å²) in [6.45, 7) is 7.97. The Balaban J connectivity index is 1.93. The highest BCUT2D eigenvalue weighted by molar-refractivity contribution is 8.00. The van der Waals surface area contributed by atoms with E-state index < -0.39 is 21.9 Å². The van der Waals surface area contributed by atoms with Crippen LogP contribution in [0.3, 0.4) is 0 Å². The molecule has 33 heavy (non-hydrogen) atoms. The molecule has 0 aliphatic rings. The number of methoxy groups -OCH3 is 1. The Morgan fingerprint density at radius 3 is 2.33 bits per heavy atom. The van der Waals surface area contributed by atoms with Gasteiger partial charge in [0.25, 0.3) is 5.56 Å². The number of nitrogens with one attached hydrogen (secondary N) is 1. The van der Waals surface area contributed by atoms with Crippen molar-refractivity contribution in [3.05, 3.63) is 56.5 Å². The molecule has 0 spiro atoms. The first kappa shape index (κ1) is 24.5. The van der Waals surface area contributed by atoms with Crippen LogP contribution in [0.4, 0.5) is 0 Å². The van der Waals surface area contributed by atoms with Crippen molar-refractivity contribution in [1.82, 2.24) is 24.4 Å². The summed E-state index contributed by atoms with van der Waals surface area (Å²) in [6, 6.07) is 7.44. The Hall–Kier alpha value is -3.14. The normalized spacial score (nSPS) is 12.6. The lowest BCUT2D eigenvalue weighted by Crippen LogP contribution is -2.38. The van der Waals surface area contributed by atoms with Gasteiger partial charge in [-0.3, -0.25) is 18.7 Å². The van der Waals surface area contributed by atoms with E-state index >= 15 is 0 Å². The van der Waals surface area contributed by atoms with Crippen LogP contribution in [0.25, 0.3) is 11.0 Å². The minimum atomic E-state index is -0.531. The minimum absolute atomic E-state index is 0.193. The van der Waals surface area contributed by atoms with Crippen LogP contribution in [-0.2, 0) is 30.8 Å². The zero-order valence-corrected chi connectivity index (χ0v) is 20.7. The molecule has 0 aliphatic carbocycles. The summed E-state index contributed by atoms with van der Waals surface area (Å²) in [6.07, 6.45) is 0. The number of nitrogens with zero attached hydrogens (tertiary/aromatic N) is 4. The summed E-state index contributed by atoms with van der Waals surface area (Å²) in [5, 5.41) is 2.99. The van der Waals surface area contributed by atoms with E-state index in [0.29, 0.717) is 17.4 Å². The Morgan fingerprint density at radius 2 is 1.76 bits per heavy atom. The zero-order valence-electron chi connectivity index (χ0n) is 19.9. The molecular weight excluding hydrogens is 442 g/mol. The second-order valence-corrected chi connectivity index (χ2v) is 10.2. The van der Waals surface area contributed by atoms with E-state index in [1.807, 2.05) is 45.0 Å². The van der Waals surface area contributed by atoms with E-state index in [-0.39, 0.29) is 16.9 Å². The van der Waals surface area contributed by atoms with Gasteiger partial charge >= 0.3 is 5.69 Å². The summed E-state index contributed by atoms with van der Waals surface area (Å²) in [7, 11) is 4.59. The quantitative estimate of drug-likeness (QED) is 0.433. The second kappa shape index (κ2) is 9.38. The Bertz CT molecular complexity index is 1310. The van der Waals surface area contributed by atoms with Crippen LogP contribution in [0.5, 0.6) is 5.75 Å². The van der Waals surface area contributed by atoms with Crippen LogP contribution in [0.15, 0.2) is 38.9 Å². The molecule has 10 heteroatoms. The molecule has 0 fully saturated rings. The molecule has 0 bridgehead atoms. The fourth-order valence-electron chi connectivity index (χ4n) is 3.15. The van der Waals surface area contributed by atoms with Crippen molar-refractivity contribution in [2.24, 2.45) is 14.1 Å². The molecule has 2 heterocycles. The lowest BCUT2D eigenvalue weighted by Gasteiger charge is -2.20. The molecule has 1 unspecified atom stereocenters. The molecule has 1 aromatic carbocycles. The predicted molar refractivity (Wildman–Crippen MR) is 129 cm³/mol. The first-order valence-electron chi connectivity index (χ1n) is 10.5. The lowest BCUT2D eigenvalue weighted by molar-refractivity contribution is -0.120. The molecule has 3 rings (SSSR count). The summed E-state index contributed by atoms with van der Waals surface area (Å²) in [4.78, 5) is 47.4. The first-order chi connectivity index (χ1) is 15.4. The highest BCUT2D eigenvalue weighted by Crippen LogP contribution is 2.29. The van der Waals surface area contributed by atoms with E-state index in [1.54, 1.807) is 21.1 Å². The standard InChI is InChI=1S/C23H29N5O4S/c1-13(18(29)24-12-14-8-10-15(32-7)11-9-14)33-19-16-17(25-21(26-19)23(2,3)4)27(5)22(31)28(6)20(16)30/h8-11,13H,12H2,1-7H3,(H,24,29). The number of carbonyl (C=O) groups excluding carboxylic acids is 1. The molecule has 3 aromatic rings. The molecule has 1 atom stereocenters. The number of aromatic nitrogens is 4. The second-order valence-electron chi connectivity index (χ2n) is 8.83.